The molecule has 0 atom stereocenters. The highest BCUT2D eigenvalue weighted by Gasteiger charge is 2.26. The molecule has 4 heterocycles. The van der Waals surface area contributed by atoms with Gasteiger partial charge in [-0.2, -0.15) is 0 Å². The highest BCUT2D eigenvalue weighted by Crippen LogP contribution is 2.39. The van der Waals surface area contributed by atoms with Gasteiger partial charge in [0.15, 0.2) is 17.3 Å². The zero-order valence-electron chi connectivity index (χ0n) is 21.9. The second kappa shape index (κ2) is 8.37. The Morgan fingerprint density at radius 2 is 1.10 bits per heavy atom. The van der Waals surface area contributed by atoms with Crippen molar-refractivity contribution in [2.75, 3.05) is 0 Å². The lowest BCUT2D eigenvalue weighted by Crippen LogP contribution is -2.06. The summed E-state index contributed by atoms with van der Waals surface area (Å²) in [5.74, 6) is 2.29. The average Bonchev–Trinajstić information content (AvgIpc) is 3.67. The van der Waals surface area contributed by atoms with Gasteiger partial charge >= 0.3 is 0 Å². The molecule has 4 aromatic heterocycles. The van der Waals surface area contributed by atoms with Gasteiger partial charge in [0.05, 0.1) is 22.1 Å². The Bertz CT molecular complexity index is 2410. The molecule has 0 aliphatic carbocycles. The molecular weight excluding hydrogens is 504 g/mol. The number of hydrogen-bond donors (Lipinski definition) is 0. The molecule has 0 radical (unpaired) electrons. The first-order valence-corrected chi connectivity index (χ1v) is 13.7. The number of aromatic nitrogens is 6. The molecule has 6 nitrogen and oxygen atoms in total. The molecule has 5 aromatic carbocycles. The van der Waals surface area contributed by atoms with E-state index in [0.717, 1.165) is 66.8 Å². The molecule has 0 amide bonds. The highest BCUT2D eigenvalue weighted by atomic mass is 15.3. The third-order valence-corrected chi connectivity index (χ3v) is 7.84. The molecule has 41 heavy (non-hydrogen) atoms. The van der Waals surface area contributed by atoms with Crippen LogP contribution in [-0.4, -0.2) is 28.5 Å². The SMILES string of the molecule is c1ccc(-c2nc(-n3c4c(c5ccccc5n4-c4ccccc4)n4c5ccccc5nc34)c3ccccc3n2)cc1. The zero-order chi connectivity index (χ0) is 26.9. The molecule has 0 saturated heterocycles. The molecule has 6 heteroatoms. The van der Waals surface area contributed by atoms with E-state index in [4.69, 9.17) is 15.0 Å². The number of para-hydroxylation sites is 5. The van der Waals surface area contributed by atoms with Crippen molar-refractivity contribution in [1.29, 1.82) is 0 Å². The second-order valence-electron chi connectivity index (χ2n) is 10.2. The van der Waals surface area contributed by atoms with Crippen LogP contribution in [-0.2, 0) is 0 Å². The summed E-state index contributed by atoms with van der Waals surface area (Å²) in [7, 11) is 0. The van der Waals surface area contributed by atoms with Crippen molar-refractivity contribution in [3.8, 4) is 22.9 Å². The maximum absolute atomic E-state index is 5.27. The van der Waals surface area contributed by atoms with E-state index < -0.39 is 0 Å². The fraction of sp³-hybridized carbons (Fsp3) is 0. The van der Waals surface area contributed by atoms with Crippen LogP contribution in [0.3, 0.4) is 0 Å². The molecular formula is C35H22N6. The van der Waals surface area contributed by atoms with E-state index in [-0.39, 0.29) is 0 Å². The first-order valence-electron chi connectivity index (χ1n) is 13.7. The third-order valence-electron chi connectivity index (χ3n) is 7.84. The van der Waals surface area contributed by atoms with E-state index in [1.165, 1.54) is 0 Å². The van der Waals surface area contributed by atoms with E-state index in [2.05, 4.69) is 111 Å². The van der Waals surface area contributed by atoms with E-state index >= 15 is 0 Å². The summed E-state index contributed by atoms with van der Waals surface area (Å²) >= 11 is 0. The Balaban J connectivity index is 1.55. The molecule has 0 aliphatic rings. The number of nitrogens with zero attached hydrogens (tertiary/aromatic N) is 6. The van der Waals surface area contributed by atoms with Gasteiger partial charge in [0.1, 0.15) is 5.52 Å². The Labute approximate surface area is 234 Å². The largest absolute Gasteiger partial charge is 0.294 e. The molecule has 9 aromatic rings. The molecule has 0 N–H and O–H groups in total. The van der Waals surface area contributed by atoms with Crippen LogP contribution in [0.5, 0.6) is 0 Å². The van der Waals surface area contributed by atoms with Gasteiger partial charge in [0.25, 0.3) is 0 Å². The maximum atomic E-state index is 5.27. The lowest BCUT2D eigenvalue weighted by molar-refractivity contribution is 1.000. The zero-order valence-corrected chi connectivity index (χ0v) is 21.9. The normalized spacial score (nSPS) is 11.9. The number of imidazole rings is 2. The predicted molar refractivity (Wildman–Crippen MR) is 165 cm³/mol. The smallest absolute Gasteiger partial charge is 0.223 e. The fourth-order valence-corrected chi connectivity index (χ4v) is 6.09. The van der Waals surface area contributed by atoms with Crippen molar-refractivity contribution < 1.29 is 0 Å². The highest BCUT2D eigenvalue weighted by molar-refractivity contribution is 6.10. The molecule has 0 spiro atoms. The molecule has 0 fully saturated rings. The molecule has 0 unspecified atom stereocenters. The van der Waals surface area contributed by atoms with Gasteiger partial charge in [-0.05, 0) is 42.5 Å². The second-order valence-corrected chi connectivity index (χ2v) is 10.2. The van der Waals surface area contributed by atoms with Crippen molar-refractivity contribution in [3.05, 3.63) is 133 Å². The van der Waals surface area contributed by atoms with Crippen LogP contribution in [0.1, 0.15) is 0 Å². The molecule has 0 bridgehead atoms. The van der Waals surface area contributed by atoms with Crippen LogP contribution in [0, 0.1) is 0 Å². The van der Waals surface area contributed by atoms with Gasteiger partial charge in [-0.25, -0.2) is 19.5 Å². The minimum Gasteiger partial charge on any atom is -0.294 e. The Morgan fingerprint density at radius 3 is 1.90 bits per heavy atom. The van der Waals surface area contributed by atoms with Gasteiger partial charge in [-0.3, -0.25) is 8.97 Å². The summed E-state index contributed by atoms with van der Waals surface area (Å²) < 4.78 is 6.83. The molecule has 192 valence electrons. The summed E-state index contributed by atoms with van der Waals surface area (Å²) in [5, 5.41) is 2.11. The van der Waals surface area contributed by atoms with E-state index in [0.29, 0.717) is 5.82 Å². The lowest BCUT2D eigenvalue weighted by atomic mass is 10.2. The number of hydrogen-bond acceptors (Lipinski definition) is 3. The quantitative estimate of drug-likeness (QED) is 0.234. The summed E-state index contributed by atoms with van der Waals surface area (Å²) in [4.78, 5) is 15.5. The summed E-state index contributed by atoms with van der Waals surface area (Å²) in [6.45, 7) is 0. The molecule has 0 aliphatic heterocycles. The lowest BCUT2D eigenvalue weighted by Gasteiger charge is -2.13. The van der Waals surface area contributed by atoms with Crippen LogP contribution in [0.4, 0.5) is 0 Å². The third kappa shape index (κ3) is 3.10. The predicted octanol–water partition coefficient (Wildman–Crippen LogP) is 7.99. The average molecular weight is 527 g/mol. The standard InChI is InChI=1S/C35H22N6/c1-3-13-23(14-4-1)32-36-27-19-9-7-17-25(27)33(38-32)41-34-31(40-30-22-12-10-20-28(30)37-35(40)41)26-18-8-11-21-29(26)39(34)24-15-5-2-6-16-24/h1-22H. The first kappa shape index (κ1) is 22.1. The number of rotatable bonds is 3. The van der Waals surface area contributed by atoms with Crippen molar-refractivity contribution in [1.82, 2.24) is 28.5 Å². The van der Waals surface area contributed by atoms with Gasteiger partial charge in [-0.15, -0.1) is 0 Å². The van der Waals surface area contributed by atoms with E-state index in [1.807, 2.05) is 36.4 Å². The van der Waals surface area contributed by atoms with Gasteiger partial charge in [-0.1, -0.05) is 91.0 Å². The maximum Gasteiger partial charge on any atom is 0.223 e. The molecule has 9 rings (SSSR count). The van der Waals surface area contributed by atoms with Crippen LogP contribution >= 0.6 is 0 Å². The molecule has 0 saturated carbocycles. The monoisotopic (exact) mass is 526 g/mol. The van der Waals surface area contributed by atoms with Gasteiger partial charge in [0.2, 0.25) is 5.78 Å². The van der Waals surface area contributed by atoms with E-state index in [9.17, 15) is 0 Å². The fourth-order valence-electron chi connectivity index (χ4n) is 6.09. The topological polar surface area (TPSA) is 52.9 Å². The van der Waals surface area contributed by atoms with Crippen molar-refractivity contribution >= 4 is 49.8 Å². The Hall–Kier alpha value is -5.75. The van der Waals surface area contributed by atoms with Gasteiger partial charge < -0.3 is 0 Å². The van der Waals surface area contributed by atoms with Crippen LogP contribution in [0.15, 0.2) is 133 Å². The minimum atomic E-state index is 0.679. The van der Waals surface area contributed by atoms with Crippen molar-refractivity contribution in [2.45, 2.75) is 0 Å². The van der Waals surface area contributed by atoms with E-state index in [1.54, 1.807) is 0 Å². The summed E-state index contributed by atoms with van der Waals surface area (Å²) in [6, 6.07) is 45.8. The van der Waals surface area contributed by atoms with Crippen LogP contribution < -0.4 is 0 Å². The number of benzene rings is 5. The van der Waals surface area contributed by atoms with Crippen molar-refractivity contribution in [2.24, 2.45) is 0 Å². The number of fused-ring (bicyclic) bond motifs is 8. The summed E-state index contributed by atoms with van der Waals surface area (Å²) in [6.07, 6.45) is 0. The van der Waals surface area contributed by atoms with Crippen molar-refractivity contribution in [3.63, 3.8) is 0 Å². The Morgan fingerprint density at radius 1 is 0.463 bits per heavy atom. The summed E-state index contributed by atoms with van der Waals surface area (Å²) in [5.41, 5.74) is 8.15. The first-order chi connectivity index (χ1) is 20.4. The minimum absolute atomic E-state index is 0.679. The van der Waals surface area contributed by atoms with Crippen LogP contribution in [0.2, 0.25) is 0 Å². The van der Waals surface area contributed by atoms with Gasteiger partial charge in [0, 0.05) is 22.0 Å². The van der Waals surface area contributed by atoms with Crippen LogP contribution in [0.25, 0.3) is 72.7 Å². The Kier molecular flexibility index (Phi) is 4.51.